The molecule has 0 unspecified atom stereocenters. The summed E-state index contributed by atoms with van der Waals surface area (Å²) in [6, 6.07) is 65.0. The Bertz CT molecular complexity index is 4990. The summed E-state index contributed by atoms with van der Waals surface area (Å²) in [6.07, 6.45) is 40.9. The van der Waals surface area contributed by atoms with Crippen molar-refractivity contribution in [2.24, 2.45) is 0 Å². The van der Waals surface area contributed by atoms with Gasteiger partial charge in [-0.15, -0.1) is 71.7 Å². The van der Waals surface area contributed by atoms with Gasteiger partial charge in [0.25, 0.3) is 0 Å². The first-order valence-corrected chi connectivity index (χ1v) is 45.5. The van der Waals surface area contributed by atoms with Crippen LogP contribution < -0.4 is 144 Å². The number of halogens is 7. The van der Waals surface area contributed by atoms with Gasteiger partial charge in [0.1, 0.15) is 76.4 Å². The molecule has 734 valence electrons. The zero-order valence-electron chi connectivity index (χ0n) is 71.4. The van der Waals surface area contributed by atoms with E-state index in [1.165, 1.54) is 20.8 Å². The zero-order valence-corrected chi connectivity index (χ0v) is 78.9. The van der Waals surface area contributed by atoms with Gasteiger partial charge < -0.3 is 0 Å². The summed E-state index contributed by atoms with van der Waals surface area (Å²) in [5.41, 5.74) is 17.5. The van der Waals surface area contributed by atoms with Gasteiger partial charge in [0, 0.05) is 129 Å². The molecule has 0 N–H and O–H groups in total. The van der Waals surface area contributed by atoms with Crippen LogP contribution in [0.15, 0.2) is 313 Å². The molecular weight excluding hydrogens is 2070 g/mol. The second kappa shape index (κ2) is 64.9. The summed E-state index contributed by atoms with van der Waals surface area (Å²) in [7, 11) is -34.6. The van der Waals surface area contributed by atoms with Crippen LogP contribution in [0.3, 0.4) is 0 Å². The largest absolute Gasteiger partial charge is 2.00 e. The van der Waals surface area contributed by atoms with Gasteiger partial charge in [-0.05, 0) is 109 Å². The maximum absolute atomic E-state index is 8.49. The summed E-state index contributed by atoms with van der Waals surface area (Å²) >= 11 is 0. The Hall–Kier alpha value is -12.2. The van der Waals surface area contributed by atoms with Gasteiger partial charge in [-0.3, -0.25) is 59.8 Å². The van der Waals surface area contributed by atoms with Crippen LogP contribution in [0.2, 0.25) is 0 Å². The minimum absolute atomic E-state index is 0. The third-order valence-corrected chi connectivity index (χ3v) is 14.9. The van der Waals surface area contributed by atoms with E-state index in [1.54, 1.807) is 55.4 Å². The van der Waals surface area contributed by atoms with Crippen molar-refractivity contribution in [2.75, 3.05) is 0 Å². The van der Waals surface area contributed by atoms with Crippen molar-refractivity contribution in [1.29, 1.82) is 15.8 Å². The number of pyridine rings is 12. The van der Waals surface area contributed by atoms with Crippen LogP contribution in [-0.4, -0.2) is 73.5 Å². The maximum Gasteiger partial charge on any atom is 2.00 e. The summed E-state index contributed by atoms with van der Waals surface area (Å²) in [5, 5.41) is 22.0. The minimum atomic E-state index is -4.94. The normalized spacial score (nSPS) is 10.4. The first-order valence-electron chi connectivity index (χ1n) is 36.8. The molecule has 0 atom stereocenters. The molecule has 0 radical (unpaired) electrons. The number of hydrogen-bond acceptors (Lipinski definition) is 43. The molecule has 58 heteroatoms. The standard InChI is InChI=1S/3C25H21N6.3C2H3N.7ClHO4.2Fe/c3*1-3-11-26-22(5-1)24-9-7-20(15-28-24)17-30-13-14-31(19-30)18-21-8-10-25(29-16-21)23-6-2-4-12-27-23;3*1-2-3;7*2-1(3,4)5;;/h3*1-16,19H,17-18H2;3*1H3;7*(H,2,3,4,5);;/q3*+1;;;;;;;;;;;2*+2/p-7. The molecule has 0 saturated carbocycles. The average Bonchev–Trinajstić information content (AvgIpc) is 1.75. The van der Waals surface area contributed by atoms with Crippen LogP contribution >= 0.6 is 0 Å². The molecule has 15 aromatic heterocycles. The van der Waals surface area contributed by atoms with Crippen molar-refractivity contribution in [3.05, 3.63) is 346 Å². The van der Waals surface area contributed by atoms with Crippen molar-refractivity contribution < 1.29 is 250 Å². The van der Waals surface area contributed by atoms with Gasteiger partial charge in [-0.25, -0.2) is 158 Å². The second-order valence-corrected chi connectivity index (χ2v) is 30.5. The van der Waals surface area contributed by atoms with Crippen LogP contribution in [-0.2, 0) is 73.4 Å². The number of nitrogens with zero attached hydrogens (tertiary/aromatic N) is 21. The first-order chi connectivity index (χ1) is 64.2. The van der Waals surface area contributed by atoms with Gasteiger partial charge in [0.2, 0.25) is 19.0 Å². The van der Waals surface area contributed by atoms with Gasteiger partial charge >= 0.3 is 34.1 Å². The molecule has 0 amide bonds. The van der Waals surface area contributed by atoms with Crippen molar-refractivity contribution in [2.45, 2.75) is 60.0 Å². The van der Waals surface area contributed by atoms with E-state index in [0.717, 1.165) is 141 Å². The van der Waals surface area contributed by atoms with E-state index >= 15 is 0 Å². The first kappa shape index (κ1) is 125. The van der Waals surface area contributed by atoms with Gasteiger partial charge in [-0.2, -0.15) is 15.8 Å². The van der Waals surface area contributed by atoms with Crippen molar-refractivity contribution in [1.82, 2.24) is 73.5 Å². The van der Waals surface area contributed by atoms with E-state index in [0.29, 0.717) is 0 Å². The van der Waals surface area contributed by atoms with E-state index in [2.05, 4.69) is 180 Å². The Kier molecular flexibility index (Phi) is 58.3. The quantitative estimate of drug-likeness (QED) is 0.0568. The molecule has 15 heterocycles. The number of hydrogen-bond donors (Lipinski definition) is 0. The third-order valence-electron chi connectivity index (χ3n) is 14.9. The SMILES string of the molecule is CC#N.CC#N.CC#N.[Fe+2].[Fe+2].[O-][Cl+3]([O-])([O-])[O-].[O-][Cl+3]([O-])([O-])[O-].[O-][Cl+3]([O-])([O-])[O-].[O-][Cl+3]([O-])([O-])[O-].[O-][Cl+3]([O-])([O-])[O-].[O-][Cl+3]([O-])([O-])[O-].[O-][Cl+3]([O-])([O-])[O-].c1ccc(-c2ccc(Cn3cc[n+](Cc4ccc(-c5ccccn5)nc4)c3)cn2)nc1.c1ccc(-c2ccc(Cn3cc[n+](Cc4ccc(-c5ccccn5)nc4)c3)cn2)nc1.c1ccc(-c2ccc(Cn3cc[n+](Cc4ccc(-c5ccccn5)nc4)c3)cn2)nc1. The topological polar surface area (TPSA) is 898 Å². The fourth-order valence-corrected chi connectivity index (χ4v) is 10.2. The van der Waals surface area contributed by atoms with Crippen LogP contribution in [0.25, 0.3) is 68.3 Å². The van der Waals surface area contributed by atoms with Crippen molar-refractivity contribution >= 4 is 0 Å². The molecule has 0 saturated heterocycles. The van der Waals surface area contributed by atoms with Crippen molar-refractivity contribution in [3.63, 3.8) is 0 Å². The molecule has 0 aliphatic carbocycles. The fourth-order valence-electron chi connectivity index (χ4n) is 10.2. The van der Waals surface area contributed by atoms with E-state index in [1.807, 2.05) is 183 Å². The Labute approximate surface area is 826 Å². The van der Waals surface area contributed by atoms with Crippen LogP contribution in [0.4, 0.5) is 0 Å². The summed E-state index contributed by atoms with van der Waals surface area (Å²) in [4.78, 5) is 53.4. The van der Waals surface area contributed by atoms with E-state index in [-0.39, 0.29) is 34.1 Å². The Morgan fingerprint density at radius 3 is 0.482 bits per heavy atom. The molecule has 0 aliphatic rings. The van der Waals surface area contributed by atoms with E-state index in [9.17, 15) is 0 Å². The molecular formula is C81H72Cl7Fe2N21O28. The molecule has 49 nitrogen and oxygen atoms in total. The van der Waals surface area contributed by atoms with Crippen molar-refractivity contribution in [3.8, 4) is 86.5 Å². The number of imidazole rings is 3. The average molecular weight is 2150 g/mol. The Morgan fingerprint density at radius 1 is 0.223 bits per heavy atom. The predicted molar refractivity (Wildman–Crippen MR) is 387 cm³/mol. The second-order valence-electron chi connectivity index (χ2n) is 25.2. The molecule has 0 aliphatic heterocycles. The van der Waals surface area contributed by atoms with E-state index < -0.39 is 71.7 Å². The number of aromatic nitrogens is 18. The maximum atomic E-state index is 8.49. The number of rotatable bonds is 18. The van der Waals surface area contributed by atoms with E-state index in [4.69, 9.17) is 146 Å². The zero-order chi connectivity index (χ0) is 102. The molecule has 139 heavy (non-hydrogen) atoms. The van der Waals surface area contributed by atoms with Gasteiger partial charge in [-0.1, -0.05) is 72.8 Å². The minimum Gasteiger partial charge on any atom is -0.255 e. The fraction of sp³-hybridized carbons (Fsp3) is 0.111. The molecule has 15 aromatic rings. The third kappa shape index (κ3) is 66.1. The Morgan fingerprint density at radius 2 is 0.360 bits per heavy atom. The summed E-state index contributed by atoms with van der Waals surface area (Å²) in [5.74, 6) is 0. The van der Waals surface area contributed by atoms with Gasteiger partial charge in [0.15, 0.2) is 0 Å². The molecule has 0 fully saturated rings. The predicted octanol–water partition coefficient (Wildman–Crippen LogP) is -20.3. The van der Waals surface area contributed by atoms with Crippen LogP contribution in [0.1, 0.15) is 54.2 Å². The van der Waals surface area contributed by atoms with Gasteiger partial charge in [0.05, 0.1) is 86.5 Å². The summed E-state index contributed by atoms with van der Waals surface area (Å²) in [6.45, 7) is 8.87. The van der Waals surface area contributed by atoms with Crippen LogP contribution in [0, 0.1) is 106 Å². The smallest absolute Gasteiger partial charge is 0.255 e. The molecule has 0 spiro atoms. The molecule has 15 rings (SSSR count). The Balaban J connectivity index is 0.000000852. The monoisotopic (exact) mass is 2140 g/mol. The molecule has 0 aromatic carbocycles. The van der Waals surface area contributed by atoms with Crippen LogP contribution in [0.5, 0.6) is 0 Å². The summed E-state index contributed by atoms with van der Waals surface area (Å²) < 4.78 is 251. The molecule has 0 bridgehead atoms. The number of nitriles is 3.